The van der Waals surface area contributed by atoms with Crippen molar-refractivity contribution in [2.45, 2.75) is 32.2 Å². The van der Waals surface area contributed by atoms with Crippen molar-refractivity contribution < 1.29 is 0 Å². The number of hydrogen-bond acceptors (Lipinski definition) is 2. The van der Waals surface area contributed by atoms with E-state index in [0.29, 0.717) is 0 Å². The lowest BCUT2D eigenvalue weighted by atomic mass is 10.2. The van der Waals surface area contributed by atoms with Crippen molar-refractivity contribution in [3.8, 4) is 0 Å². The molecule has 2 rings (SSSR count). The van der Waals surface area contributed by atoms with Crippen LogP contribution in [-0.2, 0) is 19.4 Å². The summed E-state index contributed by atoms with van der Waals surface area (Å²) in [5.41, 5.74) is 1.24. The lowest BCUT2D eigenvalue weighted by molar-refractivity contribution is 0.522. The number of nitrogens with one attached hydrogen (secondary N) is 1. The van der Waals surface area contributed by atoms with E-state index in [4.69, 9.17) is 0 Å². The SMILES string of the molecule is CNCCc1cn2c(n1)CCCC2. The standard InChI is InChI=1S/C10H17N3/c1-11-6-5-9-8-13-7-3-2-4-10(13)12-9/h8,11H,2-7H2,1H3. The van der Waals surface area contributed by atoms with Gasteiger partial charge < -0.3 is 9.88 Å². The number of aryl methyl sites for hydroxylation is 2. The van der Waals surface area contributed by atoms with Crippen molar-refractivity contribution in [3.63, 3.8) is 0 Å². The zero-order valence-corrected chi connectivity index (χ0v) is 8.21. The number of aromatic nitrogens is 2. The maximum atomic E-state index is 4.61. The molecule has 1 aliphatic heterocycles. The van der Waals surface area contributed by atoms with Crippen molar-refractivity contribution in [2.24, 2.45) is 0 Å². The molecule has 13 heavy (non-hydrogen) atoms. The second-order valence-electron chi connectivity index (χ2n) is 3.65. The Morgan fingerprint density at radius 2 is 2.46 bits per heavy atom. The first-order valence-electron chi connectivity index (χ1n) is 5.09. The molecule has 0 unspecified atom stereocenters. The van der Waals surface area contributed by atoms with E-state index in [9.17, 15) is 0 Å². The van der Waals surface area contributed by atoms with Gasteiger partial charge in [0.15, 0.2) is 0 Å². The minimum absolute atomic E-state index is 1.02. The summed E-state index contributed by atoms with van der Waals surface area (Å²) in [5, 5.41) is 3.15. The first-order chi connectivity index (χ1) is 6.40. The largest absolute Gasteiger partial charge is 0.335 e. The minimum Gasteiger partial charge on any atom is -0.335 e. The molecule has 0 saturated carbocycles. The Kier molecular flexibility index (Phi) is 2.64. The average molecular weight is 179 g/mol. The van der Waals surface area contributed by atoms with Crippen molar-refractivity contribution >= 4 is 0 Å². The van der Waals surface area contributed by atoms with Crippen LogP contribution in [0.4, 0.5) is 0 Å². The first kappa shape index (κ1) is 8.75. The fourth-order valence-electron chi connectivity index (χ4n) is 1.85. The molecule has 3 nitrogen and oxygen atoms in total. The number of likely N-dealkylation sites (N-methyl/N-ethyl adjacent to an activating group) is 1. The van der Waals surface area contributed by atoms with Crippen LogP contribution in [0.15, 0.2) is 6.20 Å². The van der Waals surface area contributed by atoms with E-state index < -0.39 is 0 Å². The third kappa shape index (κ3) is 1.91. The predicted molar refractivity (Wildman–Crippen MR) is 52.8 cm³/mol. The zero-order chi connectivity index (χ0) is 9.10. The third-order valence-corrected chi connectivity index (χ3v) is 2.59. The summed E-state index contributed by atoms with van der Waals surface area (Å²) >= 11 is 0. The van der Waals surface area contributed by atoms with E-state index in [1.54, 1.807) is 0 Å². The van der Waals surface area contributed by atoms with E-state index in [2.05, 4.69) is 21.1 Å². The van der Waals surface area contributed by atoms with E-state index in [0.717, 1.165) is 13.0 Å². The Balaban J connectivity index is 2.07. The van der Waals surface area contributed by atoms with E-state index >= 15 is 0 Å². The number of rotatable bonds is 3. The van der Waals surface area contributed by atoms with Crippen LogP contribution in [0, 0.1) is 0 Å². The molecule has 72 valence electrons. The first-order valence-corrected chi connectivity index (χ1v) is 5.09. The van der Waals surface area contributed by atoms with Gasteiger partial charge in [-0.3, -0.25) is 0 Å². The van der Waals surface area contributed by atoms with E-state index in [1.807, 2.05) is 7.05 Å². The van der Waals surface area contributed by atoms with Crippen LogP contribution >= 0.6 is 0 Å². The summed E-state index contributed by atoms with van der Waals surface area (Å²) in [6.07, 6.45) is 7.05. The molecule has 0 bridgehead atoms. The van der Waals surface area contributed by atoms with Crippen LogP contribution in [0.2, 0.25) is 0 Å². The molecule has 2 heterocycles. The molecular formula is C10H17N3. The quantitative estimate of drug-likeness (QED) is 0.749. The molecular weight excluding hydrogens is 162 g/mol. The second-order valence-corrected chi connectivity index (χ2v) is 3.65. The van der Waals surface area contributed by atoms with Crippen molar-refractivity contribution in [1.29, 1.82) is 0 Å². The van der Waals surface area contributed by atoms with Crippen LogP contribution in [0.1, 0.15) is 24.4 Å². The molecule has 0 atom stereocenters. The Labute approximate surface area is 79.2 Å². The maximum absolute atomic E-state index is 4.61. The van der Waals surface area contributed by atoms with Gasteiger partial charge in [0.25, 0.3) is 0 Å². The molecule has 0 fully saturated rings. The highest BCUT2D eigenvalue weighted by atomic mass is 15.1. The predicted octanol–water partition coefficient (Wildman–Crippen LogP) is 0.981. The van der Waals surface area contributed by atoms with E-state index in [1.165, 1.54) is 37.3 Å². The Morgan fingerprint density at radius 1 is 1.54 bits per heavy atom. The smallest absolute Gasteiger partial charge is 0.108 e. The average Bonchev–Trinajstić information content (AvgIpc) is 2.57. The zero-order valence-electron chi connectivity index (χ0n) is 8.21. The summed E-state index contributed by atoms with van der Waals surface area (Å²) in [7, 11) is 1.98. The van der Waals surface area contributed by atoms with Crippen molar-refractivity contribution in [2.75, 3.05) is 13.6 Å². The normalized spacial score (nSPS) is 15.8. The summed E-state index contributed by atoms with van der Waals surface area (Å²) in [5.74, 6) is 1.29. The molecule has 1 aliphatic rings. The van der Waals surface area contributed by atoms with Gasteiger partial charge in [-0.2, -0.15) is 0 Å². The van der Waals surface area contributed by atoms with Gasteiger partial charge in [-0.25, -0.2) is 4.98 Å². The highest BCUT2D eigenvalue weighted by molar-refractivity contribution is 5.06. The highest BCUT2D eigenvalue weighted by Crippen LogP contribution is 2.14. The van der Waals surface area contributed by atoms with E-state index in [-0.39, 0.29) is 0 Å². The second kappa shape index (κ2) is 3.92. The Morgan fingerprint density at radius 3 is 3.23 bits per heavy atom. The monoisotopic (exact) mass is 179 g/mol. The van der Waals surface area contributed by atoms with Crippen LogP contribution in [0.25, 0.3) is 0 Å². The fourth-order valence-corrected chi connectivity index (χ4v) is 1.85. The summed E-state index contributed by atoms with van der Waals surface area (Å²) < 4.78 is 2.31. The third-order valence-electron chi connectivity index (χ3n) is 2.59. The Hall–Kier alpha value is -0.830. The number of fused-ring (bicyclic) bond motifs is 1. The molecule has 0 amide bonds. The molecule has 0 aromatic carbocycles. The lowest BCUT2D eigenvalue weighted by Crippen LogP contribution is -2.10. The van der Waals surface area contributed by atoms with Crippen LogP contribution in [0.3, 0.4) is 0 Å². The van der Waals surface area contributed by atoms with Gasteiger partial charge >= 0.3 is 0 Å². The highest BCUT2D eigenvalue weighted by Gasteiger charge is 2.11. The maximum Gasteiger partial charge on any atom is 0.108 e. The van der Waals surface area contributed by atoms with Gasteiger partial charge in [-0.15, -0.1) is 0 Å². The van der Waals surface area contributed by atoms with Crippen LogP contribution in [0.5, 0.6) is 0 Å². The van der Waals surface area contributed by atoms with Gasteiger partial charge in [-0.05, 0) is 19.9 Å². The molecule has 1 aromatic heterocycles. The summed E-state index contributed by atoms with van der Waals surface area (Å²) in [4.78, 5) is 4.61. The molecule has 3 heteroatoms. The van der Waals surface area contributed by atoms with Crippen LogP contribution < -0.4 is 5.32 Å². The van der Waals surface area contributed by atoms with Crippen molar-refractivity contribution in [3.05, 3.63) is 17.7 Å². The molecule has 0 radical (unpaired) electrons. The molecule has 1 N–H and O–H groups in total. The van der Waals surface area contributed by atoms with Gasteiger partial charge in [-0.1, -0.05) is 0 Å². The van der Waals surface area contributed by atoms with Gasteiger partial charge in [0.1, 0.15) is 5.82 Å². The van der Waals surface area contributed by atoms with Gasteiger partial charge in [0.2, 0.25) is 0 Å². The Bertz CT molecular complexity index is 254. The molecule has 0 aliphatic carbocycles. The molecule has 0 spiro atoms. The lowest BCUT2D eigenvalue weighted by Gasteiger charge is -2.11. The molecule has 0 saturated heterocycles. The summed E-state index contributed by atoms with van der Waals surface area (Å²) in [6, 6.07) is 0. The molecule has 1 aromatic rings. The summed E-state index contributed by atoms with van der Waals surface area (Å²) in [6.45, 7) is 2.19. The van der Waals surface area contributed by atoms with Gasteiger partial charge in [0, 0.05) is 32.1 Å². The fraction of sp³-hybridized carbons (Fsp3) is 0.700. The number of imidazole rings is 1. The topological polar surface area (TPSA) is 29.9 Å². The van der Waals surface area contributed by atoms with Crippen LogP contribution in [-0.4, -0.2) is 23.1 Å². The number of nitrogens with zero attached hydrogens (tertiary/aromatic N) is 2. The minimum atomic E-state index is 1.02. The van der Waals surface area contributed by atoms with Gasteiger partial charge in [0.05, 0.1) is 5.69 Å². The number of hydrogen-bond donors (Lipinski definition) is 1. The van der Waals surface area contributed by atoms with Crippen molar-refractivity contribution in [1.82, 2.24) is 14.9 Å².